The first-order chi connectivity index (χ1) is 14.1. The van der Waals surface area contributed by atoms with Gasteiger partial charge in [0.05, 0.1) is 17.9 Å². The third-order valence-corrected chi connectivity index (χ3v) is 5.51. The topological polar surface area (TPSA) is 48.3 Å². The van der Waals surface area contributed by atoms with Crippen molar-refractivity contribution in [3.8, 4) is 11.5 Å². The molecule has 3 rings (SSSR count). The Morgan fingerprint density at radius 3 is 2.73 bits per heavy atom. The number of hydrogen-bond acceptors (Lipinski definition) is 4. The van der Waals surface area contributed by atoms with Gasteiger partial charge in [0.2, 0.25) is 0 Å². The van der Waals surface area contributed by atoms with E-state index in [0.717, 1.165) is 41.7 Å². The van der Waals surface area contributed by atoms with Gasteiger partial charge in [-0.2, -0.15) is 0 Å². The molecule has 0 aliphatic heterocycles. The first kappa shape index (κ1) is 24.8. The summed E-state index contributed by atoms with van der Waals surface area (Å²) in [6.45, 7) is 2.91. The molecule has 30 heavy (non-hydrogen) atoms. The van der Waals surface area contributed by atoms with E-state index >= 15 is 0 Å². The van der Waals surface area contributed by atoms with E-state index in [1.54, 1.807) is 25.4 Å². The van der Waals surface area contributed by atoms with Crippen molar-refractivity contribution in [2.24, 2.45) is 0 Å². The van der Waals surface area contributed by atoms with Crippen molar-refractivity contribution in [1.29, 1.82) is 0 Å². The molecule has 0 aliphatic carbocycles. The molecule has 0 amide bonds. The number of aromatic nitrogens is 2. The lowest BCUT2D eigenvalue weighted by Crippen LogP contribution is -2.16. The Morgan fingerprint density at radius 2 is 2.03 bits per heavy atom. The molecule has 2 aromatic carbocycles. The van der Waals surface area contributed by atoms with Gasteiger partial charge >= 0.3 is 0 Å². The number of halogens is 4. The van der Waals surface area contributed by atoms with Gasteiger partial charge in [-0.3, -0.25) is 0 Å². The lowest BCUT2D eigenvalue weighted by Gasteiger charge is -2.15. The third kappa shape index (κ3) is 7.06. The average Bonchev–Trinajstić information content (AvgIpc) is 3.21. The number of benzene rings is 2. The van der Waals surface area contributed by atoms with E-state index in [1.807, 2.05) is 30.7 Å². The van der Waals surface area contributed by atoms with Crippen molar-refractivity contribution >= 4 is 51.5 Å². The van der Waals surface area contributed by atoms with Gasteiger partial charge in [-0.15, -0.1) is 12.4 Å². The summed E-state index contributed by atoms with van der Waals surface area (Å²) in [5, 5.41) is 4.62. The van der Waals surface area contributed by atoms with E-state index < -0.39 is 0 Å². The van der Waals surface area contributed by atoms with E-state index in [9.17, 15) is 0 Å². The number of ether oxygens (including phenoxy) is 2. The van der Waals surface area contributed by atoms with E-state index in [1.165, 1.54) is 0 Å². The summed E-state index contributed by atoms with van der Waals surface area (Å²) in [6, 6.07) is 9.36. The second-order valence-corrected chi connectivity index (χ2v) is 8.16. The van der Waals surface area contributed by atoms with Crippen LogP contribution in [-0.4, -0.2) is 23.2 Å². The number of aryl methyl sites for hydroxylation is 1. The summed E-state index contributed by atoms with van der Waals surface area (Å²) in [7, 11) is 1.63. The molecular weight excluding hydrogens is 513 g/mol. The van der Waals surface area contributed by atoms with Gasteiger partial charge in [0, 0.05) is 41.1 Å². The molecule has 3 aromatic rings. The molecule has 162 valence electrons. The highest BCUT2D eigenvalue weighted by Gasteiger charge is 2.13. The van der Waals surface area contributed by atoms with Crippen molar-refractivity contribution in [3.05, 3.63) is 74.7 Å². The number of rotatable bonds is 10. The van der Waals surface area contributed by atoms with Crippen molar-refractivity contribution < 1.29 is 9.47 Å². The minimum atomic E-state index is 0. The number of nitrogens with one attached hydrogen (secondary N) is 1. The Morgan fingerprint density at radius 1 is 1.20 bits per heavy atom. The Kier molecular flexibility index (Phi) is 10.3. The first-order valence-corrected chi connectivity index (χ1v) is 10.7. The van der Waals surface area contributed by atoms with Gasteiger partial charge in [0.1, 0.15) is 6.61 Å². The Balaban J connectivity index is 0.00000320. The van der Waals surface area contributed by atoms with Crippen molar-refractivity contribution in [2.75, 3.05) is 13.7 Å². The Bertz CT molecular complexity index is 939. The Hall–Kier alpha value is -1.44. The molecule has 0 spiro atoms. The minimum Gasteiger partial charge on any atom is -0.493 e. The van der Waals surface area contributed by atoms with E-state index in [0.29, 0.717) is 28.2 Å². The lowest BCUT2D eigenvalue weighted by molar-refractivity contribution is 0.282. The van der Waals surface area contributed by atoms with E-state index in [-0.39, 0.29) is 12.4 Å². The number of hydrogen-bond donors (Lipinski definition) is 1. The van der Waals surface area contributed by atoms with Crippen molar-refractivity contribution in [2.45, 2.75) is 26.1 Å². The molecule has 9 heteroatoms. The molecule has 1 N–H and O–H groups in total. The van der Waals surface area contributed by atoms with Crippen LogP contribution in [0.3, 0.4) is 0 Å². The maximum absolute atomic E-state index is 6.23. The highest BCUT2D eigenvalue weighted by atomic mass is 79.9. The highest BCUT2D eigenvalue weighted by Crippen LogP contribution is 2.37. The van der Waals surface area contributed by atoms with E-state index in [4.69, 9.17) is 32.7 Å². The smallest absolute Gasteiger partial charge is 0.175 e. The fourth-order valence-electron chi connectivity index (χ4n) is 2.84. The fraction of sp³-hybridized carbons (Fsp3) is 0.286. The van der Waals surface area contributed by atoms with Crippen molar-refractivity contribution in [1.82, 2.24) is 14.9 Å². The molecule has 0 aliphatic rings. The zero-order valence-electron chi connectivity index (χ0n) is 16.4. The number of methoxy groups -OCH3 is 1. The van der Waals surface area contributed by atoms with Crippen LogP contribution in [0.25, 0.3) is 0 Å². The normalized spacial score (nSPS) is 10.5. The second-order valence-electron chi connectivity index (χ2n) is 6.46. The van der Waals surface area contributed by atoms with Gasteiger partial charge in [-0.05, 0) is 58.7 Å². The van der Waals surface area contributed by atoms with Crippen LogP contribution in [0, 0.1) is 0 Å². The summed E-state index contributed by atoms with van der Waals surface area (Å²) >= 11 is 15.8. The zero-order valence-corrected chi connectivity index (χ0v) is 20.3. The maximum atomic E-state index is 6.23. The van der Waals surface area contributed by atoms with Crippen LogP contribution in [0.2, 0.25) is 10.0 Å². The molecular formula is C21H23BrCl3N3O2. The first-order valence-electron chi connectivity index (χ1n) is 9.16. The monoisotopic (exact) mass is 533 g/mol. The molecule has 5 nitrogen and oxygen atoms in total. The number of imidazole rings is 1. The lowest BCUT2D eigenvalue weighted by atomic mass is 10.2. The van der Waals surface area contributed by atoms with Crippen LogP contribution < -0.4 is 14.8 Å². The molecule has 0 saturated carbocycles. The van der Waals surface area contributed by atoms with Gasteiger partial charge in [0.25, 0.3) is 0 Å². The minimum absolute atomic E-state index is 0. The second kappa shape index (κ2) is 12.4. The molecule has 0 bridgehead atoms. The predicted octanol–water partition coefficient (Wildman–Crippen LogP) is 6.14. The molecule has 0 radical (unpaired) electrons. The van der Waals surface area contributed by atoms with Gasteiger partial charge in [-0.1, -0.05) is 29.3 Å². The summed E-state index contributed by atoms with van der Waals surface area (Å²) in [5.74, 6) is 1.31. The molecule has 0 fully saturated rings. The molecule has 0 unspecified atom stereocenters. The molecule has 1 aromatic heterocycles. The van der Waals surface area contributed by atoms with Crippen LogP contribution in [-0.2, 0) is 19.7 Å². The highest BCUT2D eigenvalue weighted by molar-refractivity contribution is 9.10. The van der Waals surface area contributed by atoms with Gasteiger partial charge in [-0.25, -0.2) is 4.98 Å². The van der Waals surface area contributed by atoms with Crippen LogP contribution in [0.1, 0.15) is 17.5 Å². The summed E-state index contributed by atoms with van der Waals surface area (Å²) < 4.78 is 14.4. The summed E-state index contributed by atoms with van der Waals surface area (Å²) in [4.78, 5) is 4.05. The average molecular weight is 536 g/mol. The van der Waals surface area contributed by atoms with Crippen molar-refractivity contribution in [3.63, 3.8) is 0 Å². The van der Waals surface area contributed by atoms with Gasteiger partial charge in [0.15, 0.2) is 11.5 Å². The zero-order chi connectivity index (χ0) is 20.6. The quantitative estimate of drug-likeness (QED) is 0.317. The van der Waals surface area contributed by atoms with Crippen LogP contribution in [0.15, 0.2) is 53.5 Å². The predicted molar refractivity (Wildman–Crippen MR) is 127 cm³/mol. The van der Waals surface area contributed by atoms with Crippen LogP contribution in [0.4, 0.5) is 0 Å². The fourth-order valence-corrected chi connectivity index (χ4v) is 3.91. The third-order valence-electron chi connectivity index (χ3n) is 4.33. The standard InChI is InChI=1S/C21H22BrCl2N3O2.ClH/c1-28-20-10-15(12-25-5-2-7-27-8-6-26-14-27)9-18(22)21(20)29-13-16-3-4-17(23)11-19(16)24;/h3-4,6,8-11,14,25H,2,5,7,12-13H2,1H3;1H. The number of nitrogens with zero attached hydrogens (tertiary/aromatic N) is 2. The summed E-state index contributed by atoms with van der Waals surface area (Å²) in [5.41, 5.74) is 1.96. The molecule has 0 atom stereocenters. The SMILES string of the molecule is COc1cc(CNCCCn2ccnc2)cc(Br)c1OCc1ccc(Cl)cc1Cl.Cl. The molecule has 0 saturated heterocycles. The largest absolute Gasteiger partial charge is 0.493 e. The van der Waals surface area contributed by atoms with E-state index in [2.05, 4.69) is 30.8 Å². The molecule has 1 heterocycles. The van der Waals surface area contributed by atoms with Crippen LogP contribution in [0.5, 0.6) is 11.5 Å². The Labute approximate surface area is 201 Å². The maximum Gasteiger partial charge on any atom is 0.175 e. The van der Waals surface area contributed by atoms with Gasteiger partial charge < -0.3 is 19.4 Å². The summed E-state index contributed by atoms with van der Waals surface area (Å²) in [6.07, 6.45) is 6.62. The van der Waals surface area contributed by atoms with Crippen LogP contribution >= 0.6 is 51.5 Å².